The van der Waals surface area contributed by atoms with Crippen molar-refractivity contribution >= 4 is 6.29 Å². The van der Waals surface area contributed by atoms with E-state index in [-0.39, 0.29) is 6.04 Å². The first-order valence-corrected chi connectivity index (χ1v) is 7.55. The van der Waals surface area contributed by atoms with Crippen molar-refractivity contribution in [3.63, 3.8) is 0 Å². The number of aldehydes is 1. The number of aliphatic hydroxyl groups is 1. The van der Waals surface area contributed by atoms with E-state index in [9.17, 15) is 4.79 Å². The number of carbonyl (C=O) groups is 1. The van der Waals surface area contributed by atoms with Gasteiger partial charge in [-0.2, -0.15) is 0 Å². The van der Waals surface area contributed by atoms with E-state index in [0.717, 1.165) is 52.9 Å². The van der Waals surface area contributed by atoms with Crippen molar-refractivity contribution in [1.29, 1.82) is 0 Å². The molecule has 2 rings (SSSR count). The number of morpholine rings is 1. The molecule has 1 N–H and O–H groups in total. The summed E-state index contributed by atoms with van der Waals surface area (Å²) < 4.78 is 10.3. The fourth-order valence-electron chi connectivity index (χ4n) is 2.23. The van der Waals surface area contributed by atoms with Crippen LogP contribution in [0.25, 0.3) is 0 Å². The van der Waals surface area contributed by atoms with Gasteiger partial charge in [-0.1, -0.05) is 13.8 Å². The Hall–Kier alpha value is -0.490. The molecule has 5 nitrogen and oxygen atoms in total. The minimum Gasteiger partial charge on any atom is -0.400 e. The Kier molecular flexibility index (Phi) is 13.2. The summed E-state index contributed by atoms with van der Waals surface area (Å²) in [7, 11) is 1.00. The van der Waals surface area contributed by atoms with E-state index in [2.05, 4.69) is 18.7 Å². The maximum absolute atomic E-state index is 10.8. The zero-order valence-electron chi connectivity index (χ0n) is 13.2. The molecule has 20 heavy (non-hydrogen) atoms. The normalized spacial score (nSPS) is 21.1. The summed E-state index contributed by atoms with van der Waals surface area (Å²) in [6.45, 7) is 9.46. The van der Waals surface area contributed by atoms with Gasteiger partial charge < -0.3 is 19.4 Å². The third-order valence-corrected chi connectivity index (χ3v) is 3.37. The van der Waals surface area contributed by atoms with Gasteiger partial charge in [0.15, 0.2) is 0 Å². The lowest BCUT2D eigenvalue weighted by molar-refractivity contribution is -0.115. The van der Waals surface area contributed by atoms with E-state index in [1.165, 1.54) is 19.3 Å². The second-order valence-electron chi connectivity index (χ2n) is 5.19. The Labute approximate surface area is 123 Å². The molecular formula is C15H31NO4. The molecule has 120 valence electrons. The quantitative estimate of drug-likeness (QED) is 0.795. The lowest BCUT2D eigenvalue weighted by Crippen LogP contribution is -2.46. The predicted octanol–water partition coefficient (Wildman–Crippen LogP) is 1.34. The Morgan fingerprint density at radius 1 is 0.950 bits per heavy atom. The van der Waals surface area contributed by atoms with Crippen LogP contribution in [0.15, 0.2) is 0 Å². The summed E-state index contributed by atoms with van der Waals surface area (Å²) >= 11 is 0. The van der Waals surface area contributed by atoms with E-state index in [4.69, 9.17) is 14.6 Å². The molecule has 5 heteroatoms. The smallest absolute Gasteiger partial charge is 0.137 e. The molecule has 2 aliphatic rings. The van der Waals surface area contributed by atoms with Crippen molar-refractivity contribution in [1.82, 2.24) is 4.90 Å². The minimum absolute atomic E-state index is 0.0777. The monoisotopic (exact) mass is 289 g/mol. The van der Waals surface area contributed by atoms with Crippen LogP contribution in [0.5, 0.6) is 0 Å². The molecule has 2 aliphatic heterocycles. The fourth-order valence-corrected chi connectivity index (χ4v) is 2.23. The lowest BCUT2D eigenvalue weighted by Gasteiger charge is -2.33. The van der Waals surface area contributed by atoms with Crippen LogP contribution in [-0.4, -0.2) is 69.0 Å². The molecule has 2 saturated heterocycles. The average Bonchev–Trinajstić information content (AvgIpc) is 2.53. The summed E-state index contributed by atoms with van der Waals surface area (Å²) in [6, 6.07) is 0.0777. The van der Waals surface area contributed by atoms with Gasteiger partial charge in [-0.3, -0.25) is 4.90 Å². The number of rotatable bonds is 3. The molecule has 0 saturated carbocycles. The maximum Gasteiger partial charge on any atom is 0.137 e. The number of hydrogen-bond acceptors (Lipinski definition) is 5. The van der Waals surface area contributed by atoms with Gasteiger partial charge in [0.25, 0.3) is 0 Å². The Morgan fingerprint density at radius 3 is 1.75 bits per heavy atom. The van der Waals surface area contributed by atoms with Crippen molar-refractivity contribution in [3.05, 3.63) is 0 Å². The van der Waals surface area contributed by atoms with Gasteiger partial charge in [0, 0.05) is 33.4 Å². The zero-order valence-corrected chi connectivity index (χ0v) is 13.2. The second kappa shape index (κ2) is 13.5. The molecule has 0 aromatic heterocycles. The second-order valence-corrected chi connectivity index (χ2v) is 5.19. The van der Waals surface area contributed by atoms with Gasteiger partial charge in [-0.15, -0.1) is 0 Å². The predicted molar refractivity (Wildman–Crippen MR) is 79.9 cm³/mol. The summed E-state index contributed by atoms with van der Waals surface area (Å²) in [5, 5.41) is 7.00. The topological polar surface area (TPSA) is 59.0 Å². The Bertz CT molecular complexity index is 202. The van der Waals surface area contributed by atoms with Gasteiger partial charge in [0.05, 0.1) is 19.3 Å². The molecule has 0 aliphatic carbocycles. The fraction of sp³-hybridized carbons (Fsp3) is 0.933. The van der Waals surface area contributed by atoms with E-state index < -0.39 is 0 Å². The van der Waals surface area contributed by atoms with Crippen molar-refractivity contribution in [2.24, 2.45) is 5.92 Å². The van der Waals surface area contributed by atoms with Crippen molar-refractivity contribution in [3.8, 4) is 0 Å². The van der Waals surface area contributed by atoms with Crippen molar-refractivity contribution in [2.75, 3.05) is 46.6 Å². The van der Waals surface area contributed by atoms with Gasteiger partial charge in [-0.05, 0) is 25.2 Å². The van der Waals surface area contributed by atoms with Gasteiger partial charge in [0.2, 0.25) is 0 Å². The standard InChI is InChI=1S/C9H17NO2.C5H10O.CH4O/c1-8(2)9(7-11)10-3-5-12-6-4-10;1-2-4-6-5-3-1;1-2/h7-9H,3-6H2,1-2H3;1-5H2;2H,1H3. The summed E-state index contributed by atoms with van der Waals surface area (Å²) in [5.41, 5.74) is 0. The molecule has 0 aromatic carbocycles. The van der Waals surface area contributed by atoms with Crippen LogP contribution in [-0.2, 0) is 14.3 Å². The highest BCUT2D eigenvalue weighted by molar-refractivity contribution is 5.58. The first-order chi connectivity index (χ1) is 9.75. The van der Waals surface area contributed by atoms with E-state index in [0.29, 0.717) is 5.92 Å². The first kappa shape index (κ1) is 19.5. The van der Waals surface area contributed by atoms with Gasteiger partial charge >= 0.3 is 0 Å². The summed E-state index contributed by atoms with van der Waals surface area (Å²) in [4.78, 5) is 13.0. The molecule has 0 bridgehead atoms. The molecule has 0 aromatic rings. The number of aliphatic hydroxyl groups excluding tert-OH is 1. The van der Waals surface area contributed by atoms with Crippen molar-refractivity contribution in [2.45, 2.75) is 39.2 Å². The highest BCUT2D eigenvalue weighted by Gasteiger charge is 2.22. The van der Waals surface area contributed by atoms with Crippen LogP contribution >= 0.6 is 0 Å². The highest BCUT2D eigenvalue weighted by atomic mass is 16.5. The van der Waals surface area contributed by atoms with Crippen LogP contribution < -0.4 is 0 Å². The molecular weight excluding hydrogens is 258 g/mol. The molecule has 2 heterocycles. The molecule has 1 unspecified atom stereocenters. The highest BCUT2D eigenvalue weighted by Crippen LogP contribution is 2.10. The third-order valence-electron chi connectivity index (χ3n) is 3.37. The summed E-state index contributed by atoms with van der Waals surface area (Å²) in [5.74, 6) is 0.403. The molecule has 0 radical (unpaired) electrons. The van der Waals surface area contributed by atoms with Gasteiger partial charge in [-0.25, -0.2) is 0 Å². The maximum atomic E-state index is 10.8. The van der Waals surface area contributed by atoms with Crippen LogP contribution in [0.4, 0.5) is 0 Å². The van der Waals surface area contributed by atoms with Crippen LogP contribution in [0.3, 0.4) is 0 Å². The Morgan fingerprint density at radius 2 is 1.45 bits per heavy atom. The van der Waals surface area contributed by atoms with Crippen LogP contribution in [0, 0.1) is 5.92 Å². The van der Waals surface area contributed by atoms with Crippen molar-refractivity contribution < 1.29 is 19.4 Å². The molecule has 1 atom stereocenters. The minimum atomic E-state index is 0.0777. The largest absolute Gasteiger partial charge is 0.400 e. The Balaban J connectivity index is 0.000000377. The number of hydrogen-bond donors (Lipinski definition) is 1. The number of carbonyl (C=O) groups excluding carboxylic acids is 1. The lowest BCUT2D eigenvalue weighted by atomic mass is 10.0. The third kappa shape index (κ3) is 8.64. The number of nitrogens with zero attached hydrogens (tertiary/aromatic N) is 1. The summed E-state index contributed by atoms with van der Waals surface area (Å²) in [6.07, 6.45) is 4.98. The molecule has 0 spiro atoms. The van der Waals surface area contributed by atoms with Crippen LogP contribution in [0.1, 0.15) is 33.1 Å². The SMILES string of the molecule is C1CCOCC1.CC(C)C(C=O)N1CCOCC1.CO. The average molecular weight is 289 g/mol. The first-order valence-electron chi connectivity index (χ1n) is 7.55. The number of ether oxygens (including phenoxy) is 2. The molecule has 0 amide bonds. The molecule has 2 fully saturated rings. The zero-order chi connectivity index (χ0) is 15.2. The van der Waals surface area contributed by atoms with Crippen LogP contribution in [0.2, 0.25) is 0 Å². The van der Waals surface area contributed by atoms with E-state index in [1.807, 2.05) is 0 Å². The van der Waals surface area contributed by atoms with E-state index >= 15 is 0 Å². The van der Waals surface area contributed by atoms with Gasteiger partial charge in [0.1, 0.15) is 6.29 Å². The van der Waals surface area contributed by atoms with E-state index in [1.54, 1.807) is 0 Å².